The van der Waals surface area contributed by atoms with Gasteiger partial charge >= 0.3 is 0 Å². The summed E-state index contributed by atoms with van der Waals surface area (Å²) in [6.07, 6.45) is 0. The zero-order valence-electron chi connectivity index (χ0n) is 8.02. The van der Waals surface area contributed by atoms with Crippen LogP contribution in [0, 0.1) is 12.3 Å². The number of amidine groups is 1. The van der Waals surface area contributed by atoms with Crippen LogP contribution in [0.15, 0.2) is 18.2 Å². The van der Waals surface area contributed by atoms with Crippen molar-refractivity contribution in [3.8, 4) is 0 Å². The molecule has 0 spiro atoms. The van der Waals surface area contributed by atoms with Crippen LogP contribution in [0.25, 0.3) is 0 Å². The van der Waals surface area contributed by atoms with Gasteiger partial charge in [-0.25, -0.2) is 0 Å². The number of hydrogen-bond donors (Lipinski definition) is 3. The number of rotatable bonds is 3. The van der Waals surface area contributed by atoms with E-state index in [4.69, 9.17) is 11.1 Å². The van der Waals surface area contributed by atoms with E-state index in [0.717, 1.165) is 23.4 Å². The van der Waals surface area contributed by atoms with Crippen molar-refractivity contribution in [1.29, 1.82) is 5.41 Å². The molecule has 0 saturated carbocycles. The minimum Gasteiger partial charge on any atom is -0.385 e. The van der Waals surface area contributed by atoms with Crippen molar-refractivity contribution in [2.24, 2.45) is 5.73 Å². The van der Waals surface area contributed by atoms with Gasteiger partial charge in [-0.3, -0.25) is 5.41 Å². The monoisotopic (exact) mass is 177 g/mol. The second-order valence-corrected chi connectivity index (χ2v) is 2.94. The van der Waals surface area contributed by atoms with Crippen LogP contribution in [0.3, 0.4) is 0 Å². The summed E-state index contributed by atoms with van der Waals surface area (Å²) in [5, 5.41) is 10.6. The highest BCUT2D eigenvalue weighted by atomic mass is 14.9. The lowest BCUT2D eigenvalue weighted by atomic mass is 10.1. The van der Waals surface area contributed by atoms with Gasteiger partial charge < -0.3 is 11.1 Å². The third kappa shape index (κ3) is 1.99. The molecule has 0 unspecified atom stereocenters. The lowest BCUT2D eigenvalue weighted by molar-refractivity contribution is 1.19. The Labute approximate surface area is 78.5 Å². The summed E-state index contributed by atoms with van der Waals surface area (Å²) in [6.45, 7) is 4.87. The number of nitrogen functional groups attached to an aromatic ring is 1. The number of benzene rings is 1. The second-order valence-electron chi connectivity index (χ2n) is 2.94. The zero-order valence-corrected chi connectivity index (χ0v) is 8.02. The first-order valence-corrected chi connectivity index (χ1v) is 4.34. The number of nitrogens with one attached hydrogen (secondary N) is 2. The van der Waals surface area contributed by atoms with Gasteiger partial charge in [0.05, 0.1) is 0 Å². The Hall–Kier alpha value is -1.51. The van der Waals surface area contributed by atoms with Crippen LogP contribution in [-0.4, -0.2) is 12.4 Å². The van der Waals surface area contributed by atoms with E-state index in [-0.39, 0.29) is 5.84 Å². The van der Waals surface area contributed by atoms with E-state index in [1.165, 1.54) is 0 Å². The summed E-state index contributed by atoms with van der Waals surface area (Å²) in [7, 11) is 0. The van der Waals surface area contributed by atoms with Gasteiger partial charge in [0.1, 0.15) is 5.84 Å². The molecule has 0 aliphatic heterocycles. The minimum absolute atomic E-state index is 0.111. The first kappa shape index (κ1) is 9.58. The maximum atomic E-state index is 7.39. The largest absolute Gasteiger partial charge is 0.385 e. The van der Waals surface area contributed by atoms with Gasteiger partial charge in [0.15, 0.2) is 0 Å². The molecule has 13 heavy (non-hydrogen) atoms. The third-order valence-corrected chi connectivity index (χ3v) is 1.92. The lowest BCUT2D eigenvalue weighted by Gasteiger charge is -2.12. The van der Waals surface area contributed by atoms with E-state index in [2.05, 4.69) is 5.32 Å². The van der Waals surface area contributed by atoms with E-state index in [1.807, 2.05) is 32.0 Å². The van der Waals surface area contributed by atoms with Crippen molar-refractivity contribution >= 4 is 11.5 Å². The molecule has 1 aromatic rings. The molecule has 0 aliphatic rings. The van der Waals surface area contributed by atoms with Crippen LogP contribution in [0.5, 0.6) is 0 Å². The molecule has 3 nitrogen and oxygen atoms in total. The minimum atomic E-state index is 0.111. The molecule has 0 atom stereocenters. The molecule has 3 heteroatoms. The van der Waals surface area contributed by atoms with Gasteiger partial charge in [-0.2, -0.15) is 0 Å². The molecule has 0 saturated heterocycles. The van der Waals surface area contributed by atoms with Crippen molar-refractivity contribution in [1.82, 2.24) is 0 Å². The molecular formula is C10H15N3. The molecule has 0 aromatic heterocycles. The maximum Gasteiger partial charge on any atom is 0.124 e. The summed E-state index contributed by atoms with van der Waals surface area (Å²) in [5.74, 6) is 0.111. The third-order valence-electron chi connectivity index (χ3n) is 1.92. The van der Waals surface area contributed by atoms with E-state index in [1.54, 1.807) is 0 Å². The van der Waals surface area contributed by atoms with Crippen LogP contribution in [0.4, 0.5) is 5.69 Å². The first-order valence-electron chi connectivity index (χ1n) is 4.34. The fourth-order valence-electron chi connectivity index (χ4n) is 1.30. The number of aryl methyl sites for hydroxylation is 1. The lowest BCUT2D eigenvalue weighted by Crippen LogP contribution is -2.15. The Balaban J connectivity index is 3.17. The van der Waals surface area contributed by atoms with Gasteiger partial charge in [-0.05, 0) is 25.5 Å². The van der Waals surface area contributed by atoms with Crippen molar-refractivity contribution in [3.05, 3.63) is 29.3 Å². The summed E-state index contributed by atoms with van der Waals surface area (Å²) in [4.78, 5) is 0. The molecule has 1 rings (SSSR count). The summed E-state index contributed by atoms with van der Waals surface area (Å²) >= 11 is 0. The van der Waals surface area contributed by atoms with Gasteiger partial charge in [0.2, 0.25) is 0 Å². The first-order chi connectivity index (χ1) is 6.16. The molecule has 70 valence electrons. The average molecular weight is 177 g/mol. The normalized spacial score (nSPS) is 9.69. The van der Waals surface area contributed by atoms with Crippen LogP contribution in [0.1, 0.15) is 18.1 Å². The van der Waals surface area contributed by atoms with E-state index in [9.17, 15) is 0 Å². The molecule has 0 amide bonds. The van der Waals surface area contributed by atoms with E-state index in [0.29, 0.717) is 0 Å². The molecule has 0 aliphatic carbocycles. The average Bonchev–Trinajstić information content (AvgIpc) is 2.08. The highest BCUT2D eigenvalue weighted by Gasteiger charge is 2.05. The highest BCUT2D eigenvalue weighted by Crippen LogP contribution is 2.19. The standard InChI is InChI=1S/C10H15N3/c1-3-13-9-7(2)5-4-6-8(9)10(11)12/h4-6,13H,3H2,1-2H3,(H3,11,12). The Morgan fingerprint density at radius 1 is 1.54 bits per heavy atom. The number of nitrogens with two attached hydrogens (primary N) is 1. The van der Waals surface area contributed by atoms with Crippen molar-refractivity contribution in [2.45, 2.75) is 13.8 Å². The van der Waals surface area contributed by atoms with Crippen molar-refractivity contribution in [2.75, 3.05) is 11.9 Å². The number of anilines is 1. The van der Waals surface area contributed by atoms with Crippen LogP contribution < -0.4 is 11.1 Å². The van der Waals surface area contributed by atoms with Crippen LogP contribution >= 0.6 is 0 Å². The fourth-order valence-corrected chi connectivity index (χ4v) is 1.30. The Morgan fingerprint density at radius 3 is 2.77 bits per heavy atom. The molecule has 0 fully saturated rings. The van der Waals surface area contributed by atoms with Gasteiger partial charge in [-0.1, -0.05) is 12.1 Å². The van der Waals surface area contributed by atoms with Crippen LogP contribution in [0.2, 0.25) is 0 Å². The molecule has 0 radical (unpaired) electrons. The molecule has 0 bridgehead atoms. The Bertz CT molecular complexity index is 318. The van der Waals surface area contributed by atoms with Crippen molar-refractivity contribution in [3.63, 3.8) is 0 Å². The maximum absolute atomic E-state index is 7.39. The van der Waals surface area contributed by atoms with E-state index < -0.39 is 0 Å². The van der Waals surface area contributed by atoms with Crippen LogP contribution in [-0.2, 0) is 0 Å². The van der Waals surface area contributed by atoms with E-state index >= 15 is 0 Å². The summed E-state index contributed by atoms with van der Waals surface area (Å²) < 4.78 is 0. The van der Waals surface area contributed by atoms with Crippen molar-refractivity contribution < 1.29 is 0 Å². The smallest absolute Gasteiger partial charge is 0.124 e. The predicted octanol–water partition coefficient (Wildman–Crippen LogP) is 1.71. The van der Waals surface area contributed by atoms with Gasteiger partial charge in [-0.15, -0.1) is 0 Å². The Kier molecular flexibility index (Phi) is 2.90. The zero-order chi connectivity index (χ0) is 9.84. The SMILES string of the molecule is CCNc1c(C)cccc1C(=N)N. The number of para-hydroxylation sites is 1. The summed E-state index contributed by atoms with van der Waals surface area (Å²) in [6, 6.07) is 5.77. The Morgan fingerprint density at radius 2 is 2.23 bits per heavy atom. The predicted molar refractivity (Wildman–Crippen MR) is 56.4 cm³/mol. The molecule has 1 aromatic carbocycles. The highest BCUT2D eigenvalue weighted by molar-refractivity contribution is 6.00. The molecule has 4 N–H and O–H groups in total. The number of hydrogen-bond acceptors (Lipinski definition) is 2. The van der Waals surface area contributed by atoms with Gasteiger partial charge in [0, 0.05) is 17.8 Å². The second kappa shape index (κ2) is 3.94. The fraction of sp³-hybridized carbons (Fsp3) is 0.300. The quantitative estimate of drug-likeness (QED) is 0.486. The molecular weight excluding hydrogens is 162 g/mol. The summed E-state index contributed by atoms with van der Waals surface area (Å²) in [5.41, 5.74) is 8.33. The van der Waals surface area contributed by atoms with Gasteiger partial charge in [0.25, 0.3) is 0 Å². The topological polar surface area (TPSA) is 61.9 Å². The molecule has 0 heterocycles.